The monoisotopic (exact) mass is 1460 g/mol. The van der Waals surface area contributed by atoms with E-state index in [0.29, 0.717) is 109 Å². The Morgan fingerprint density at radius 3 is 1.17 bits per heavy atom. The van der Waals surface area contributed by atoms with Crippen LogP contribution >= 0.6 is 0 Å². The number of carbonyl (C=O) groups is 15. The van der Waals surface area contributed by atoms with Crippen LogP contribution < -0.4 is 32.7 Å². The second-order valence-electron chi connectivity index (χ2n) is 29.1. The van der Waals surface area contributed by atoms with Gasteiger partial charge in [-0.1, -0.05) is 142 Å². The molecule has 3 heterocycles. The summed E-state index contributed by atoms with van der Waals surface area (Å²) >= 11 is 0. The number of benzene rings is 1. The molecule has 3 fully saturated rings. The standard InChI is InChI=1S/C35H52N4O8.C27H46N4O5.C14H23NO3.3CH4/c1-22(2)28(19-27(41)10-7-6-8-17-39-32(43)20-29(23(3)4)34(39)45)33(44)38-30(11-9-16-37-35(36)46)31(42)18-25-12-14-26(15-13-25)21-47-24(5)40;1-17(2)22(26(35)30-24(19(5)32)12-10-13-29-20(6)28)15-21(33)11-8-7-9-14-31-25(34)16-23(18(3)4)27(31)36;1-10(2)12-9-13(17)15(14(12)18)8-6-4-5-7-11(3)16;;;/h12-15,22-23,28-30H,6-11,16-21H2,1-5H3,(H,38,44)(H3,36,37,46);17-18,22-24,29H,6-16,28H2,1-5H3,(H,30,35);10,12H,4-9H2,1-3H3;3*1H4/t28-,29?,30-;22-,23?,24-;;;;/m00..../s1. The van der Waals surface area contributed by atoms with Gasteiger partial charge in [0.05, 0.1) is 17.9 Å². The quantitative estimate of drug-likeness (QED) is 0.0201. The second-order valence-corrected chi connectivity index (χ2v) is 29.1. The Bertz CT molecular complexity index is 2980. The maximum atomic E-state index is 13.4. The predicted octanol–water partition coefficient (Wildman–Crippen LogP) is 10.4. The molecular formula is C79H133N9O16. The third kappa shape index (κ3) is 36.6. The Balaban J connectivity index is 0. The van der Waals surface area contributed by atoms with Crippen LogP contribution in [0.3, 0.4) is 0 Å². The molecule has 3 saturated heterocycles. The highest BCUT2D eigenvalue weighted by Crippen LogP contribution is 2.30. The molecule has 0 radical (unpaired) electrons. The van der Waals surface area contributed by atoms with Crippen molar-refractivity contribution in [2.75, 3.05) is 32.7 Å². The summed E-state index contributed by atoms with van der Waals surface area (Å²) in [6, 6.07) is 4.95. The van der Waals surface area contributed by atoms with Crippen LogP contribution in [0.25, 0.3) is 0 Å². The van der Waals surface area contributed by atoms with Crippen LogP contribution in [0.5, 0.6) is 0 Å². The normalized spacial score (nSPS) is 16.7. The van der Waals surface area contributed by atoms with Crippen LogP contribution in [-0.2, 0) is 84.9 Å². The number of carbonyl (C=O) groups excluding carboxylic acids is 15. The molecule has 0 bridgehead atoms. The number of unbranched alkanes of at least 4 members (excludes halogenated alkanes) is 6. The molecule has 3 unspecified atom stereocenters. The van der Waals surface area contributed by atoms with Crippen LogP contribution in [0.2, 0.25) is 0 Å². The Morgan fingerprint density at radius 2 is 0.846 bits per heavy atom. The molecule has 3 aliphatic rings. The number of likely N-dealkylation sites (tertiary alicyclic amines) is 3. The van der Waals surface area contributed by atoms with E-state index < -0.39 is 30.0 Å². The Kier molecular flexibility index (Phi) is 48.3. The minimum atomic E-state index is -0.833. The molecule has 0 aliphatic carbocycles. The van der Waals surface area contributed by atoms with Gasteiger partial charge in [-0.25, -0.2) is 4.79 Å². The largest absolute Gasteiger partial charge is 0.461 e. The van der Waals surface area contributed by atoms with Crippen molar-refractivity contribution in [2.45, 2.75) is 272 Å². The van der Waals surface area contributed by atoms with Crippen molar-refractivity contribution in [3.63, 3.8) is 0 Å². The second kappa shape index (κ2) is 51.2. The number of ether oxygens (including phenoxy) is 1. The van der Waals surface area contributed by atoms with Crippen LogP contribution in [0.4, 0.5) is 4.79 Å². The third-order valence-electron chi connectivity index (χ3n) is 18.9. The van der Waals surface area contributed by atoms with Gasteiger partial charge in [-0.2, -0.15) is 0 Å². The van der Waals surface area contributed by atoms with E-state index in [1.807, 2.05) is 69.2 Å². The molecule has 104 heavy (non-hydrogen) atoms. The van der Waals surface area contributed by atoms with Crippen molar-refractivity contribution < 1.29 is 76.7 Å². The van der Waals surface area contributed by atoms with Gasteiger partial charge in [0.1, 0.15) is 24.0 Å². The van der Waals surface area contributed by atoms with E-state index in [2.05, 4.69) is 27.8 Å². The summed E-state index contributed by atoms with van der Waals surface area (Å²) < 4.78 is 5.00. The van der Waals surface area contributed by atoms with Gasteiger partial charge in [0.2, 0.25) is 47.3 Å². The van der Waals surface area contributed by atoms with Crippen molar-refractivity contribution in [3.05, 3.63) is 47.8 Å². The first-order chi connectivity index (χ1) is 47.5. The Labute approximate surface area is 621 Å². The van der Waals surface area contributed by atoms with Crippen molar-refractivity contribution >= 4 is 88.2 Å². The maximum absolute atomic E-state index is 13.4. The highest BCUT2D eigenvalue weighted by molar-refractivity contribution is 6.05. The van der Waals surface area contributed by atoms with Gasteiger partial charge < -0.3 is 42.3 Å². The average molecular weight is 1460 g/mol. The number of esters is 1. The SMILES string of the molecule is C.C.C.C=C(N)NCCC[C@H](NC(=O)[C@@H](CC(=O)CCCCCN1C(=O)CC(C(C)C)C1=O)C(C)C)C(C)=O.CC(=O)CCCCCN1C(=O)CC(C(C)C)C1=O.CC(=O)OCc1ccc(CC(=O)[C@H](CCCNC(N)=O)NC(=O)[C@@H](CC(=O)CCCCCN2C(=O)CC(C(C)C)C2=O)C(C)C)cc1. The number of primary amides is 1. The van der Waals surface area contributed by atoms with Gasteiger partial charge in [0.15, 0.2) is 11.6 Å². The van der Waals surface area contributed by atoms with Gasteiger partial charge in [0.25, 0.3) is 0 Å². The lowest BCUT2D eigenvalue weighted by atomic mass is 9.88. The summed E-state index contributed by atoms with van der Waals surface area (Å²) in [4.78, 5) is 187. The van der Waals surface area contributed by atoms with Gasteiger partial charge in [-0.3, -0.25) is 77.0 Å². The fraction of sp³-hybridized carbons (Fsp3) is 0.709. The molecule has 10 amide bonds. The number of urea groups is 1. The number of rotatable bonds is 46. The molecule has 590 valence electrons. The van der Waals surface area contributed by atoms with Gasteiger partial charge >= 0.3 is 12.0 Å². The summed E-state index contributed by atoms with van der Waals surface area (Å²) in [6.45, 7) is 29.4. The topological polar surface area (TPSA) is 375 Å². The first kappa shape index (κ1) is 98.1. The smallest absolute Gasteiger partial charge is 0.312 e. The van der Waals surface area contributed by atoms with Crippen molar-refractivity contribution in [2.24, 2.45) is 70.6 Å². The first-order valence-electron chi connectivity index (χ1n) is 36.6. The molecular weight excluding hydrogens is 1330 g/mol. The predicted molar refractivity (Wildman–Crippen MR) is 404 cm³/mol. The summed E-state index contributed by atoms with van der Waals surface area (Å²) in [5, 5.41) is 11.1. The number of nitrogens with zero attached hydrogens (tertiary/aromatic N) is 3. The molecule has 0 aromatic heterocycles. The lowest BCUT2D eigenvalue weighted by Gasteiger charge is -2.24. The fourth-order valence-electron chi connectivity index (χ4n) is 12.3. The number of hydrogen-bond donors (Lipinski definition) is 6. The molecule has 1 aromatic rings. The number of imide groups is 3. The van der Waals surface area contributed by atoms with E-state index in [9.17, 15) is 71.9 Å². The first-order valence-corrected chi connectivity index (χ1v) is 36.6. The third-order valence-corrected chi connectivity index (χ3v) is 18.9. The average Bonchev–Trinajstić information content (AvgIpc) is 1.69. The van der Waals surface area contributed by atoms with Gasteiger partial charge in [-0.15, -0.1) is 0 Å². The van der Waals surface area contributed by atoms with E-state index in [1.54, 1.807) is 31.2 Å². The van der Waals surface area contributed by atoms with Gasteiger partial charge in [0, 0.05) is 127 Å². The van der Waals surface area contributed by atoms with E-state index in [-0.39, 0.29) is 203 Å². The number of nitrogens with two attached hydrogens (primary N) is 2. The molecule has 0 saturated carbocycles. The minimum Gasteiger partial charge on any atom is -0.461 e. The van der Waals surface area contributed by atoms with Crippen LogP contribution in [0, 0.1) is 59.2 Å². The maximum Gasteiger partial charge on any atom is 0.312 e. The minimum absolute atomic E-state index is 0. The van der Waals surface area contributed by atoms with Gasteiger partial charge in [-0.05, 0) is 119 Å². The van der Waals surface area contributed by atoms with E-state index >= 15 is 0 Å². The summed E-state index contributed by atoms with van der Waals surface area (Å²) in [5.41, 5.74) is 12.1. The zero-order valence-electron chi connectivity index (χ0n) is 62.8. The molecule has 3 aliphatic heterocycles. The van der Waals surface area contributed by atoms with Crippen LogP contribution in [-0.4, -0.2) is 148 Å². The zero-order valence-corrected chi connectivity index (χ0v) is 62.8. The fourth-order valence-corrected chi connectivity index (χ4v) is 12.3. The molecule has 8 N–H and O–H groups in total. The number of ketones is 5. The van der Waals surface area contributed by atoms with Crippen molar-refractivity contribution in [3.8, 4) is 0 Å². The molecule has 4 rings (SSSR count). The zero-order chi connectivity index (χ0) is 76.2. The molecule has 0 spiro atoms. The summed E-state index contributed by atoms with van der Waals surface area (Å²) in [6.07, 6.45) is 10.6. The number of amides is 10. The van der Waals surface area contributed by atoms with Crippen molar-refractivity contribution in [1.82, 2.24) is 36.0 Å². The highest BCUT2D eigenvalue weighted by Gasteiger charge is 2.42. The van der Waals surface area contributed by atoms with Crippen LogP contribution in [0.1, 0.15) is 258 Å². The Morgan fingerprint density at radius 1 is 0.490 bits per heavy atom. The number of hydrogen-bond acceptors (Lipinski definition) is 18. The van der Waals surface area contributed by atoms with E-state index in [0.717, 1.165) is 36.8 Å². The number of Topliss-reactive ketones (excluding diaryl/α,β-unsaturated/α-hetero) is 5. The van der Waals surface area contributed by atoms with Crippen LogP contribution in [0.15, 0.2) is 36.7 Å². The molecule has 1 aromatic carbocycles. The Hall–Kier alpha value is -7.99. The molecule has 7 atom stereocenters. The highest BCUT2D eigenvalue weighted by atomic mass is 16.5. The number of nitrogens with one attached hydrogen (secondary N) is 4. The summed E-state index contributed by atoms with van der Waals surface area (Å²) in [7, 11) is 0. The molecule has 25 heteroatoms. The van der Waals surface area contributed by atoms with Crippen molar-refractivity contribution in [1.29, 1.82) is 0 Å². The molecule has 25 nitrogen and oxygen atoms in total. The summed E-state index contributed by atoms with van der Waals surface area (Å²) in [5.74, 6) is -2.82. The van der Waals surface area contributed by atoms with E-state index in [4.69, 9.17) is 16.2 Å². The lowest BCUT2D eigenvalue weighted by Crippen LogP contribution is -2.46. The van der Waals surface area contributed by atoms with E-state index in [1.165, 1.54) is 28.5 Å². The lowest BCUT2D eigenvalue weighted by molar-refractivity contribution is -0.142.